The van der Waals surface area contributed by atoms with Crippen LogP contribution in [0.1, 0.15) is 18.4 Å². The van der Waals surface area contributed by atoms with E-state index in [2.05, 4.69) is 31.7 Å². The first-order valence-electron chi connectivity index (χ1n) is 4.42. The van der Waals surface area contributed by atoms with E-state index in [0.29, 0.717) is 0 Å². The zero-order valence-corrected chi connectivity index (χ0v) is 8.03. The van der Waals surface area contributed by atoms with E-state index in [4.69, 9.17) is 0 Å². The topological polar surface area (TPSA) is 0 Å². The van der Waals surface area contributed by atoms with E-state index in [-0.39, 0.29) is 5.92 Å². The number of hydrogen-bond acceptors (Lipinski definition) is 0. The van der Waals surface area contributed by atoms with E-state index >= 15 is 0 Å². The molecule has 1 atom stereocenters. The van der Waals surface area contributed by atoms with E-state index in [9.17, 15) is 0 Å². The van der Waals surface area contributed by atoms with Crippen LogP contribution in [0.4, 0.5) is 0 Å². The molecule has 0 aliphatic heterocycles. The average molecular weight is 171 g/mol. The van der Waals surface area contributed by atoms with Crippen LogP contribution in [0.5, 0.6) is 0 Å². The minimum atomic E-state index is 0.220. The number of allylic oxidation sites excluding steroid dienone is 3. The Balaban J connectivity index is 2.69. The second kappa shape index (κ2) is 4.66. The molecule has 0 amide bonds. The monoisotopic (exact) mass is 171 g/mol. The van der Waals surface area contributed by atoms with Crippen LogP contribution in [0.3, 0.4) is 0 Å². The van der Waals surface area contributed by atoms with Gasteiger partial charge in [0.05, 0.1) is 0 Å². The predicted octanol–water partition coefficient (Wildman–Crippen LogP) is 3.74. The number of hydrogen-bond donors (Lipinski definition) is 0. The molecule has 1 unspecified atom stereocenters. The SMILES string of the molecule is [CH2]C(/C=C\C(=C)C)c1ccccc1. The third-order valence-corrected chi connectivity index (χ3v) is 1.84. The Morgan fingerprint density at radius 3 is 2.46 bits per heavy atom. The summed E-state index contributed by atoms with van der Waals surface area (Å²) in [7, 11) is 0. The number of rotatable bonds is 3. The van der Waals surface area contributed by atoms with Crippen molar-refractivity contribution in [1.29, 1.82) is 0 Å². The Labute approximate surface area is 80.6 Å². The van der Waals surface area contributed by atoms with Gasteiger partial charge in [-0.15, -0.1) is 0 Å². The minimum absolute atomic E-state index is 0.220. The van der Waals surface area contributed by atoms with Gasteiger partial charge >= 0.3 is 0 Å². The molecule has 0 aromatic heterocycles. The van der Waals surface area contributed by atoms with Gasteiger partial charge < -0.3 is 0 Å². The second-order valence-electron chi connectivity index (χ2n) is 3.22. The molecule has 1 aromatic rings. The lowest BCUT2D eigenvalue weighted by Gasteiger charge is -2.05. The first-order valence-corrected chi connectivity index (χ1v) is 4.42. The fourth-order valence-corrected chi connectivity index (χ4v) is 1.09. The minimum Gasteiger partial charge on any atom is -0.0961 e. The molecule has 0 heteroatoms. The fourth-order valence-electron chi connectivity index (χ4n) is 1.09. The zero-order chi connectivity index (χ0) is 9.68. The highest BCUT2D eigenvalue weighted by atomic mass is 14.0. The lowest BCUT2D eigenvalue weighted by molar-refractivity contribution is 1.08. The smallest absolute Gasteiger partial charge is 0.00215 e. The summed E-state index contributed by atoms with van der Waals surface area (Å²) in [6.45, 7) is 9.84. The summed E-state index contributed by atoms with van der Waals surface area (Å²) in [5.74, 6) is 0.220. The molecule has 1 radical (unpaired) electrons. The third kappa shape index (κ3) is 3.29. The van der Waals surface area contributed by atoms with Gasteiger partial charge in [0.15, 0.2) is 0 Å². The van der Waals surface area contributed by atoms with Crippen molar-refractivity contribution >= 4 is 0 Å². The molecule has 0 N–H and O–H groups in total. The lowest BCUT2D eigenvalue weighted by Crippen LogP contribution is -1.87. The van der Waals surface area contributed by atoms with Gasteiger partial charge in [-0.2, -0.15) is 0 Å². The Kier molecular flexibility index (Phi) is 3.51. The summed E-state index contributed by atoms with van der Waals surface area (Å²) in [6, 6.07) is 10.2. The van der Waals surface area contributed by atoms with Crippen LogP contribution >= 0.6 is 0 Å². The molecule has 1 rings (SSSR count). The van der Waals surface area contributed by atoms with Crippen molar-refractivity contribution in [3.63, 3.8) is 0 Å². The van der Waals surface area contributed by atoms with Crippen molar-refractivity contribution in [2.75, 3.05) is 0 Å². The van der Waals surface area contributed by atoms with Crippen LogP contribution in [-0.4, -0.2) is 0 Å². The van der Waals surface area contributed by atoms with Gasteiger partial charge in [-0.3, -0.25) is 0 Å². The zero-order valence-electron chi connectivity index (χ0n) is 8.03. The normalized spacial score (nSPS) is 13.1. The molecule has 0 saturated heterocycles. The van der Waals surface area contributed by atoms with Crippen LogP contribution in [0.25, 0.3) is 0 Å². The Morgan fingerprint density at radius 2 is 1.92 bits per heavy atom. The number of benzene rings is 1. The van der Waals surface area contributed by atoms with E-state index in [1.807, 2.05) is 31.2 Å². The molecule has 13 heavy (non-hydrogen) atoms. The molecule has 1 aromatic carbocycles. The highest BCUT2D eigenvalue weighted by molar-refractivity contribution is 5.27. The van der Waals surface area contributed by atoms with Crippen LogP contribution in [0.2, 0.25) is 0 Å². The van der Waals surface area contributed by atoms with Crippen LogP contribution in [0.15, 0.2) is 54.6 Å². The van der Waals surface area contributed by atoms with Crippen LogP contribution in [-0.2, 0) is 0 Å². The molecule has 0 saturated carbocycles. The molecular weight excluding hydrogens is 156 g/mol. The molecule has 0 fully saturated rings. The average Bonchev–Trinajstić information content (AvgIpc) is 2.15. The Morgan fingerprint density at radius 1 is 1.31 bits per heavy atom. The highest BCUT2D eigenvalue weighted by Crippen LogP contribution is 2.15. The molecule has 0 nitrogen and oxygen atoms in total. The van der Waals surface area contributed by atoms with Crippen molar-refractivity contribution < 1.29 is 0 Å². The summed E-state index contributed by atoms with van der Waals surface area (Å²) in [5, 5.41) is 0. The van der Waals surface area contributed by atoms with Crippen LogP contribution < -0.4 is 0 Å². The maximum absolute atomic E-state index is 4.05. The van der Waals surface area contributed by atoms with Crippen molar-refractivity contribution in [1.82, 2.24) is 0 Å². The van der Waals surface area contributed by atoms with Crippen molar-refractivity contribution in [3.8, 4) is 0 Å². The molecule has 0 heterocycles. The summed E-state index contributed by atoms with van der Waals surface area (Å²) < 4.78 is 0. The first-order chi connectivity index (χ1) is 6.20. The second-order valence-corrected chi connectivity index (χ2v) is 3.22. The Bertz CT molecular complexity index is 293. The quantitative estimate of drug-likeness (QED) is 0.608. The van der Waals surface area contributed by atoms with E-state index in [1.54, 1.807) is 0 Å². The van der Waals surface area contributed by atoms with Gasteiger partial charge in [-0.1, -0.05) is 54.6 Å². The largest absolute Gasteiger partial charge is 0.0961 e. The summed E-state index contributed by atoms with van der Waals surface area (Å²) in [4.78, 5) is 0. The summed E-state index contributed by atoms with van der Waals surface area (Å²) >= 11 is 0. The van der Waals surface area contributed by atoms with Crippen LogP contribution in [0, 0.1) is 6.92 Å². The molecule has 0 aliphatic carbocycles. The maximum atomic E-state index is 4.05. The van der Waals surface area contributed by atoms with Gasteiger partial charge in [0.25, 0.3) is 0 Å². The molecule has 0 aliphatic rings. The molecule has 0 bridgehead atoms. The van der Waals surface area contributed by atoms with E-state index in [0.717, 1.165) is 5.57 Å². The molecule has 0 spiro atoms. The summed E-state index contributed by atoms with van der Waals surface area (Å²) in [5.41, 5.74) is 2.30. The first kappa shape index (κ1) is 9.79. The van der Waals surface area contributed by atoms with Gasteiger partial charge in [0.1, 0.15) is 0 Å². The van der Waals surface area contributed by atoms with Gasteiger partial charge in [-0.25, -0.2) is 0 Å². The third-order valence-electron chi connectivity index (χ3n) is 1.84. The van der Waals surface area contributed by atoms with Gasteiger partial charge in [0, 0.05) is 5.92 Å². The van der Waals surface area contributed by atoms with Gasteiger partial charge in [-0.05, 0) is 19.4 Å². The fraction of sp³-hybridized carbons (Fsp3) is 0.154. The Hall–Kier alpha value is -1.30. The van der Waals surface area contributed by atoms with Crippen molar-refractivity contribution in [3.05, 3.63) is 67.1 Å². The molecular formula is C13H15. The van der Waals surface area contributed by atoms with Crippen molar-refractivity contribution in [2.24, 2.45) is 0 Å². The summed E-state index contributed by atoms with van der Waals surface area (Å²) in [6.07, 6.45) is 4.07. The van der Waals surface area contributed by atoms with Crippen molar-refractivity contribution in [2.45, 2.75) is 12.8 Å². The van der Waals surface area contributed by atoms with E-state index < -0.39 is 0 Å². The highest BCUT2D eigenvalue weighted by Gasteiger charge is 1.98. The molecule has 67 valence electrons. The maximum Gasteiger partial charge on any atom is 0.00215 e. The lowest BCUT2D eigenvalue weighted by atomic mass is 10.0. The van der Waals surface area contributed by atoms with E-state index in [1.165, 1.54) is 5.56 Å². The standard InChI is InChI=1S/C13H15/c1-11(2)9-10-12(3)13-7-5-4-6-8-13/h4-10,12H,1,3H2,2H3/b10-9-. The predicted molar refractivity (Wildman–Crippen MR) is 58.5 cm³/mol. The van der Waals surface area contributed by atoms with Gasteiger partial charge in [0.2, 0.25) is 0 Å².